The van der Waals surface area contributed by atoms with E-state index < -0.39 is 0 Å². The summed E-state index contributed by atoms with van der Waals surface area (Å²) in [6.45, 7) is 0.585. The SMILES string of the molecule is O=C1C/C(=C/c2cnn3ccc(Nc4cc(NCc5cn6ccccc6n5)cc(NC5CC5)c4)nc23)C(=O)N1. The number of rotatable bonds is 8. The van der Waals surface area contributed by atoms with Gasteiger partial charge in [-0.1, -0.05) is 6.07 Å². The molecule has 0 atom stereocenters. The number of pyridine rings is 1. The number of fused-ring (bicyclic) bond motifs is 2. The normalized spacial score (nSPS) is 16.3. The van der Waals surface area contributed by atoms with E-state index in [9.17, 15) is 9.59 Å². The summed E-state index contributed by atoms with van der Waals surface area (Å²) in [6.07, 6.45) is 11.5. The molecule has 11 heteroatoms. The zero-order valence-corrected chi connectivity index (χ0v) is 20.9. The number of carbonyl (C=O) groups excluding carboxylic acids is 2. The molecule has 1 saturated heterocycles. The Morgan fingerprint density at radius 1 is 1.03 bits per heavy atom. The van der Waals surface area contributed by atoms with Crippen molar-refractivity contribution in [2.24, 2.45) is 0 Å². The molecule has 11 nitrogen and oxygen atoms in total. The predicted octanol–water partition coefficient (Wildman–Crippen LogP) is 3.74. The number of nitrogens with one attached hydrogen (secondary N) is 4. The van der Waals surface area contributed by atoms with E-state index in [1.165, 1.54) is 12.8 Å². The summed E-state index contributed by atoms with van der Waals surface area (Å²) < 4.78 is 3.65. The highest BCUT2D eigenvalue weighted by molar-refractivity contribution is 6.15. The molecule has 194 valence electrons. The molecule has 2 aliphatic rings. The number of nitrogens with zero attached hydrogens (tertiary/aromatic N) is 5. The highest BCUT2D eigenvalue weighted by atomic mass is 16.2. The monoisotopic (exact) mass is 519 g/mol. The van der Waals surface area contributed by atoms with Crippen molar-refractivity contribution in [2.45, 2.75) is 31.8 Å². The molecule has 1 aromatic carbocycles. The van der Waals surface area contributed by atoms with Crippen LogP contribution in [0, 0.1) is 0 Å². The van der Waals surface area contributed by atoms with Crippen LogP contribution < -0.4 is 21.3 Å². The Bertz CT molecular complexity index is 1750. The molecule has 2 fully saturated rings. The lowest BCUT2D eigenvalue weighted by Crippen LogP contribution is -2.19. The minimum absolute atomic E-state index is 0.0552. The first kappa shape index (κ1) is 23.0. The first-order chi connectivity index (χ1) is 19.1. The third-order valence-electron chi connectivity index (χ3n) is 6.66. The maximum absolute atomic E-state index is 12.0. The summed E-state index contributed by atoms with van der Waals surface area (Å²) in [6, 6.07) is 14.5. The summed E-state index contributed by atoms with van der Waals surface area (Å²) in [4.78, 5) is 33.0. The van der Waals surface area contributed by atoms with Crippen LogP contribution in [0.1, 0.15) is 30.5 Å². The third kappa shape index (κ3) is 4.89. The van der Waals surface area contributed by atoms with Crippen LogP contribution in [-0.2, 0) is 16.1 Å². The largest absolute Gasteiger partial charge is 0.382 e. The lowest BCUT2D eigenvalue weighted by atomic mass is 10.1. The average Bonchev–Trinajstić information content (AvgIpc) is 3.35. The molecule has 0 spiro atoms. The van der Waals surface area contributed by atoms with E-state index in [0.717, 1.165) is 28.4 Å². The molecule has 5 aromatic rings. The van der Waals surface area contributed by atoms with Crippen molar-refractivity contribution in [1.82, 2.24) is 29.3 Å². The second-order valence-corrected chi connectivity index (χ2v) is 9.80. The highest BCUT2D eigenvalue weighted by Gasteiger charge is 2.24. The van der Waals surface area contributed by atoms with E-state index in [4.69, 9.17) is 4.98 Å². The van der Waals surface area contributed by atoms with Crippen molar-refractivity contribution in [1.29, 1.82) is 0 Å². The van der Waals surface area contributed by atoms with Gasteiger partial charge in [-0.3, -0.25) is 14.9 Å². The minimum Gasteiger partial charge on any atom is -0.382 e. The van der Waals surface area contributed by atoms with Gasteiger partial charge in [0.1, 0.15) is 11.5 Å². The van der Waals surface area contributed by atoms with E-state index in [0.29, 0.717) is 35.2 Å². The number of imidazole rings is 1. The number of anilines is 4. The first-order valence-electron chi connectivity index (χ1n) is 12.8. The van der Waals surface area contributed by atoms with E-state index in [1.54, 1.807) is 23.0 Å². The summed E-state index contributed by atoms with van der Waals surface area (Å²) in [5, 5.41) is 17.1. The minimum atomic E-state index is -0.378. The van der Waals surface area contributed by atoms with Gasteiger partial charge in [0.05, 0.1) is 24.9 Å². The summed E-state index contributed by atoms with van der Waals surface area (Å²) in [7, 11) is 0. The molecule has 4 N–H and O–H groups in total. The van der Waals surface area contributed by atoms with E-state index in [-0.39, 0.29) is 18.2 Å². The molecule has 7 rings (SSSR count). The van der Waals surface area contributed by atoms with Gasteiger partial charge in [-0.15, -0.1) is 0 Å². The van der Waals surface area contributed by atoms with Gasteiger partial charge in [0.2, 0.25) is 5.91 Å². The van der Waals surface area contributed by atoms with E-state index in [2.05, 4.69) is 43.5 Å². The average molecular weight is 520 g/mol. The van der Waals surface area contributed by atoms with Gasteiger partial charge in [0.25, 0.3) is 5.91 Å². The quantitative estimate of drug-likeness (QED) is 0.180. The Balaban J connectivity index is 1.15. The number of aromatic nitrogens is 5. The van der Waals surface area contributed by atoms with Crippen LogP contribution in [0.5, 0.6) is 0 Å². The molecule has 39 heavy (non-hydrogen) atoms. The number of benzene rings is 1. The van der Waals surface area contributed by atoms with E-state index in [1.807, 2.05) is 47.1 Å². The third-order valence-corrected chi connectivity index (χ3v) is 6.66. The van der Waals surface area contributed by atoms with Crippen LogP contribution >= 0.6 is 0 Å². The van der Waals surface area contributed by atoms with Gasteiger partial charge < -0.3 is 20.4 Å². The molecular formula is C28H25N9O2. The molecule has 4 aromatic heterocycles. The summed E-state index contributed by atoms with van der Waals surface area (Å²) in [5.74, 6) is -0.0509. The fourth-order valence-corrected chi connectivity index (χ4v) is 4.63. The molecule has 0 radical (unpaired) electrons. The summed E-state index contributed by atoms with van der Waals surface area (Å²) >= 11 is 0. The van der Waals surface area contributed by atoms with Crippen molar-refractivity contribution in [3.63, 3.8) is 0 Å². The van der Waals surface area contributed by atoms with Crippen molar-refractivity contribution in [3.8, 4) is 0 Å². The Labute approximate surface area is 223 Å². The Morgan fingerprint density at radius 2 is 1.90 bits per heavy atom. The van der Waals surface area contributed by atoms with Gasteiger partial charge in [0.15, 0.2) is 5.65 Å². The van der Waals surface area contributed by atoms with Gasteiger partial charge in [-0.25, -0.2) is 14.5 Å². The lowest BCUT2D eigenvalue weighted by Gasteiger charge is -2.14. The molecule has 1 saturated carbocycles. The Morgan fingerprint density at radius 3 is 2.72 bits per heavy atom. The zero-order chi connectivity index (χ0) is 26.3. The van der Waals surface area contributed by atoms with Crippen LogP contribution in [0.15, 0.2) is 72.8 Å². The molecule has 0 unspecified atom stereocenters. The predicted molar refractivity (Wildman–Crippen MR) is 148 cm³/mol. The standard InChI is InChI=1S/C28H25N9O2/c38-26-10-17(28(39)35-26)9-18-14-30-37-8-6-24(34-27(18)37)32-22-12-20(11-21(13-22)31-19-4-5-19)29-15-23-16-36-7-2-1-3-25(36)33-23/h1-3,6-9,11-14,16,19,29,31H,4-5,10,15H2,(H,32,34)(H,35,38,39)/b17-9-. The van der Waals surface area contributed by atoms with Crippen LogP contribution in [0.25, 0.3) is 17.4 Å². The van der Waals surface area contributed by atoms with Crippen LogP contribution in [0.3, 0.4) is 0 Å². The second-order valence-electron chi connectivity index (χ2n) is 9.80. The van der Waals surface area contributed by atoms with Gasteiger partial charge >= 0.3 is 0 Å². The maximum Gasteiger partial charge on any atom is 0.254 e. The van der Waals surface area contributed by atoms with E-state index >= 15 is 0 Å². The smallest absolute Gasteiger partial charge is 0.254 e. The number of amides is 2. The lowest BCUT2D eigenvalue weighted by molar-refractivity contribution is -0.124. The molecule has 1 aliphatic heterocycles. The molecule has 0 bridgehead atoms. The molecular weight excluding hydrogens is 494 g/mol. The van der Waals surface area contributed by atoms with Crippen molar-refractivity contribution in [3.05, 3.63) is 84.1 Å². The van der Waals surface area contributed by atoms with Crippen LogP contribution in [0.2, 0.25) is 0 Å². The second kappa shape index (κ2) is 9.28. The molecule has 2 amide bonds. The Hall–Kier alpha value is -5.19. The maximum atomic E-state index is 12.0. The topological polar surface area (TPSA) is 130 Å². The fourth-order valence-electron chi connectivity index (χ4n) is 4.63. The van der Waals surface area contributed by atoms with Crippen molar-refractivity contribution in [2.75, 3.05) is 16.0 Å². The fraction of sp³-hybridized carbons (Fsp3) is 0.179. The highest BCUT2D eigenvalue weighted by Crippen LogP contribution is 2.30. The number of carbonyl (C=O) groups is 2. The zero-order valence-electron chi connectivity index (χ0n) is 20.9. The van der Waals surface area contributed by atoms with Crippen molar-refractivity contribution < 1.29 is 9.59 Å². The number of hydrogen-bond acceptors (Lipinski definition) is 8. The number of hydrogen-bond donors (Lipinski definition) is 4. The number of imide groups is 1. The summed E-state index contributed by atoms with van der Waals surface area (Å²) in [5.41, 5.74) is 6.35. The van der Waals surface area contributed by atoms with Gasteiger partial charge in [-0.2, -0.15) is 5.10 Å². The van der Waals surface area contributed by atoms with Gasteiger partial charge in [0, 0.05) is 52.8 Å². The molecule has 1 aliphatic carbocycles. The van der Waals surface area contributed by atoms with Crippen LogP contribution in [0.4, 0.5) is 22.9 Å². The van der Waals surface area contributed by atoms with Gasteiger partial charge in [-0.05, 0) is 55.3 Å². The Kier molecular flexibility index (Phi) is 5.47. The molecule has 5 heterocycles. The first-order valence-corrected chi connectivity index (χ1v) is 12.8. The van der Waals surface area contributed by atoms with Crippen LogP contribution in [-0.4, -0.2) is 41.8 Å². The van der Waals surface area contributed by atoms with Crippen molar-refractivity contribution >= 4 is 52.1 Å².